The Kier molecular flexibility index (Phi) is 6.19. The Bertz CT molecular complexity index is 711. The van der Waals surface area contributed by atoms with Gasteiger partial charge in [-0.05, 0) is 55.2 Å². The van der Waals surface area contributed by atoms with Crippen molar-refractivity contribution in [2.24, 2.45) is 0 Å². The molecule has 4 nitrogen and oxygen atoms in total. The van der Waals surface area contributed by atoms with Gasteiger partial charge in [0.05, 0.1) is 6.10 Å². The van der Waals surface area contributed by atoms with Crippen molar-refractivity contribution < 1.29 is 23.4 Å². The van der Waals surface area contributed by atoms with Crippen molar-refractivity contribution >= 4 is 5.97 Å². The minimum atomic E-state index is -0.829. The van der Waals surface area contributed by atoms with E-state index >= 15 is 0 Å². The third-order valence-corrected chi connectivity index (χ3v) is 5.06. The molecule has 0 aromatic heterocycles. The van der Waals surface area contributed by atoms with Gasteiger partial charge >= 0.3 is 5.97 Å². The second kappa shape index (κ2) is 8.59. The summed E-state index contributed by atoms with van der Waals surface area (Å²) in [5.41, 5.74) is 1.59. The summed E-state index contributed by atoms with van der Waals surface area (Å²) < 4.78 is 32.9. The zero-order valence-electron chi connectivity index (χ0n) is 15.1. The second-order valence-corrected chi connectivity index (χ2v) is 6.87. The smallest absolute Gasteiger partial charge is 0.320 e. The molecule has 1 atom stereocenters. The summed E-state index contributed by atoms with van der Waals surface area (Å²) >= 11 is 0. The van der Waals surface area contributed by atoms with Crippen LogP contribution in [0.4, 0.5) is 8.78 Å². The number of nitrogens with zero attached hydrogens (tertiary/aromatic N) is 1. The molecular weight excluding hydrogens is 352 g/mol. The summed E-state index contributed by atoms with van der Waals surface area (Å²) in [7, 11) is 0. The minimum Gasteiger partial charge on any atom is -0.480 e. The molecule has 0 spiro atoms. The van der Waals surface area contributed by atoms with E-state index in [0.29, 0.717) is 25.9 Å². The number of piperidine rings is 1. The zero-order chi connectivity index (χ0) is 19.4. The molecule has 27 heavy (non-hydrogen) atoms. The number of carboxylic acids is 1. The fourth-order valence-corrected chi connectivity index (χ4v) is 3.37. The maximum Gasteiger partial charge on any atom is 0.320 e. The first-order chi connectivity index (χ1) is 12.9. The van der Waals surface area contributed by atoms with Gasteiger partial charge in [0.15, 0.2) is 0 Å². The highest BCUT2D eigenvalue weighted by Crippen LogP contribution is 2.30. The lowest BCUT2D eigenvalue weighted by atomic mass is 9.99. The van der Waals surface area contributed by atoms with Gasteiger partial charge in [-0.2, -0.15) is 0 Å². The molecule has 1 N–H and O–H groups in total. The Morgan fingerprint density at radius 1 is 1.00 bits per heavy atom. The van der Waals surface area contributed by atoms with Crippen molar-refractivity contribution in [3.05, 3.63) is 71.3 Å². The van der Waals surface area contributed by atoms with Crippen molar-refractivity contribution in [3.8, 4) is 0 Å². The van der Waals surface area contributed by atoms with Crippen LogP contribution in [0.2, 0.25) is 0 Å². The van der Waals surface area contributed by atoms with E-state index in [-0.39, 0.29) is 17.7 Å². The summed E-state index contributed by atoms with van der Waals surface area (Å²) in [6, 6.07) is 11.7. The summed E-state index contributed by atoms with van der Waals surface area (Å²) in [5, 5.41) is 9.15. The first kappa shape index (κ1) is 19.5. The number of carbonyl (C=O) groups is 1. The Balaban J connectivity index is 1.73. The summed E-state index contributed by atoms with van der Waals surface area (Å²) in [4.78, 5) is 13.1. The van der Waals surface area contributed by atoms with Crippen molar-refractivity contribution in [2.45, 2.75) is 38.0 Å². The predicted octanol–water partition coefficient (Wildman–Crippen LogP) is 4.01. The van der Waals surface area contributed by atoms with E-state index in [2.05, 4.69) is 0 Å². The van der Waals surface area contributed by atoms with Crippen molar-refractivity contribution in [1.29, 1.82) is 0 Å². The molecular formula is C21H23F2NO3. The summed E-state index contributed by atoms with van der Waals surface area (Å²) in [6.45, 7) is 2.96. The fraction of sp³-hybridized carbons (Fsp3) is 0.381. The standard InChI is InChI=1S/C21H23F2NO3/c1-14(21(25)26)24-12-10-19(11-13-24)27-20(15-2-6-17(22)7-3-15)16-4-8-18(23)9-5-16/h2-9,14,19-20H,10-13H2,1H3,(H,25,26). The number of carboxylic acid groups (broad SMARTS) is 1. The quantitative estimate of drug-likeness (QED) is 0.829. The molecule has 6 heteroatoms. The van der Waals surface area contributed by atoms with Gasteiger partial charge in [-0.15, -0.1) is 0 Å². The van der Waals surface area contributed by atoms with Crippen molar-refractivity contribution in [1.82, 2.24) is 4.90 Å². The lowest BCUT2D eigenvalue weighted by Gasteiger charge is -2.36. The molecule has 0 amide bonds. The molecule has 144 valence electrons. The van der Waals surface area contributed by atoms with Crippen LogP contribution in [0.3, 0.4) is 0 Å². The molecule has 3 rings (SSSR count). The minimum absolute atomic E-state index is 0.0534. The van der Waals surface area contributed by atoms with E-state index in [9.17, 15) is 13.6 Å². The number of ether oxygens (including phenoxy) is 1. The lowest BCUT2D eigenvalue weighted by Crippen LogP contribution is -2.45. The molecule has 0 radical (unpaired) electrons. The lowest BCUT2D eigenvalue weighted by molar-refractivity contribution is -0.144. The van der Waals surface area contributed by atoms with Gasteiger partial charge in [0.25, 0.3) is 0 Å². The number of likely N-dealkylation sites (tertiary alicyclic amines) is 1. The molecule has 2 aromatic rings. The van der Waals surface area contributed by atoms with Gasteiger partial charge in [-0.25, -0.2) is 8.78 Å². The number of halogens is 2. The summed E-state index contributed by atoms with van der Waals surface area (Å²) in [6.07, 6.45) is 0.925. The monoisotopic (exact) mass is 375 g/mol. The maximum atomic E-state index is 13.3. The first-order valence-corrected chi connectivity index (χ1v) is 9.07. The summed E-state index contributed by atoms with van der Waals surface area (Å²) in [5.74, 6) is -1.48. The van der Waals surface area contributed by atoms with Gasteiger partial charge in [-0.3, -0.25) is 9.69 Å². The first-order valence-electron chi connectivity index (χ1n) is 9.07. The maximum absolute atomic E-state index is 13.3. The van der Waals surface area contributed by atoms with Crippen LogP contribution in [0.25, 0.3) is 0 Å². The Morgan fingerprint density at radius 2 is 1.44 bits per heavy atom. The van der Waals surface area contributed by atoms with E-state index < -0.39 is 18.1 Å². The number of hydrogen-bond donors (Lipinski definition) is 1. The number of aliphatic carboxylic acids is 1. The van der Waals surface area contributed by atoms with Crippen LogP contribution in [0.1, 0.15) is 37.0 Å². The number of benzene rings is 2. The fourth-order valence-electron chi connectivity index (χ4n) is 3.37. The van der Waals surface area contributed by atoms with Crippen LogP contribution in [-0.4, -0.2) is 41.2 Å². The zero-order valence-corrected chi connectivity index (χ0v) is 15.1. The third-order valence-electron chi connectivity index (χ3n) is 5.06. The van der Waals surface area contributed by atoms with Crippen LogP contribution in [0.5, 0.6) is 0 Å². The Morgan fingerprint density at radius 3 is 1.85 bits per heavy atom. The SMILES string of the molecule is CC(C(=O)O)N1CCC(OC(c2ccc(F)cc2)c2ccc(F)cc2)CC1. The van der Waals surface area contributed by atoms with Crippen LogP contribution in [0.15, 0.2) is 48.5 Å². The molecule has 1 fully saturated rings. The second-order valence-electron chi connectivity index (χ2n) is 6.87. The van der Waals surface area contributed by atoms with E-state index in [4.69, 9.17) is 9.84 Å². The normalized spacial score (nSPS) is 17.2. The van der Waals surface area contributed by atoms with Gasteiger partial charge < -0.3 is 9.84 Å². The largest absolute Gasteiger partial charge is 0.480 e. The van der Waals surface area contributed by atoms with Gasteiger partial charge in [-0.1, -0.05) is 24.3 Å². The van der Waals surface area contributed by atoms with E-state index in [0.717, 1.165) is 11.1 Å². The Labute approximate surface area is 157 Å². The average Bonchev–Trinajstić information content (AvgIpc) is 2.67. The molecule has 1 saturated heterocycles. The third kappa shape index (κ3) is 4.90. The Hall–Kier alpha value is -2.31. The highest BCUT2D eigenvalue weighted by Gasteiger charge is 2.29. The van der Waals surface area contributed by atoms with Gasteiger partial charge in [0.1, 0.15) is 23.8 Å². The molecule has 2 aromatic carbocycles. The van der Waals surface area contributed by atoms with E-state index in [1.807, 2.05) is 4.90 Å². The van der Waals surface area contributed by atoms with Crippen molar-refractivity contribution in [3.63, 3.8) is 0 Å². The van der Waals surface area contributed by atoms with Crippen LogP contribution in [0, 0.1) is 11.6 Å². The van der Waals surface area contributed by atoms with Crippen molar-refractivity contribution in [2.75, 3.05) is 13.1 Å². The predicted molar refractivity (Wildman–Crippen MR) is 97.4 cm³/mol. The van der Waals surface area contributed by atoms with E-state index in [1.54, 1.807) is 31.2 Å². The molecule has 1 unspecified atom stereocenters. The van der Waals surface area contributed by atoms with Gasteiger partial charge in [0.2, 0.25) is 0 Å². The highest BCUT2D eigenvalue weighted by atomic mass is 19.1. The van der Waals surface area contributed by atoms with E-state index in [1.165, 1.54) is 24.3 Å². The molecule has 1 aliphatic rings. The van der Waals surface area contributed by atoms with Gasteiger partial charge in [0, 0.05) is 13.1 Å². The topological polar surface area (TPSA) is 49.8 Å². The molecule has 0 saturated carbocycles. The average molecular weight is 375 g/mol. The molecule has 1 heterocycles. The highest BCUT2D eigenvalue weighted by molar-refractivity contribution is 5.72. The number of rotatable bonds is 6. The molecule has 1 aliphatic heterocycles. The number of hydrogen-bond acceptors (Lipinski definition) is 3. The van der Waals surface area contributed by atoms with Crippen LogP contribution >= 0.6 is 0 Å². The molecule has 0 aliphatic carbocycles. The molecule has 0 bridgehead atoms. The van der Waals surface area contributed by atoms with Crippen LogP contribution < -0.4 is 0 Å². The van der Waals surface area contributed by atoms with Crippen LogP contribution in [-0.2, 0) is 9.53 Å².